The molecule has 96 valence electrons. The summed E-state index contributed by atoms with van der Waals surface area (Å²) in [7, 11) is 0. The zero-order chi connectivity index (χ0) is 13.1. The third kappa shape index (κ3) is 4.39. The second-order valence-corrected chi connectivity index (χ2v) is 4.80. The molecule has 1 unspecified atom stereocenters. The van der Waals surface area contributed by atoms with E-state index in [1.807, 2.05) is 18.8 Å². The van der Waals surface area contributed by atoms with E-state index in [0.717, 1.165) is 0 Å². The second-order valence-electron chi connectivity index (χ2n) is 4.80. The van der Waals surface area contributed by atoms with Crippen LogP contribution in [0.4, 0.5) is 5.82 Å². The van der Waals surface area contributed by atoms with Gasteiger partial charge in [-0.3, -0.25) is 9.78 Å². The molecule has 7 nitrogen and oxygen atoms in total. The summed E-state index contributed by atoms with van der Waals surface area (Å²) in [6.07, 6.45) is 0.598. The molecule has 0 amide bonds. The maximum absolute atomic E-state index is 11.3. The number of rotatable bonds is 5. The Balaban J connectivity index is 2.67. The van der Waals surface area contributed by atoms with Crippen molar-refractivity contribution in [2.24, 2.45) is 5.92 Å². The number of aromatic amines is 2. The lowest BCUT2D eigenvalue weighted by molar-refractivity contribution is 0.0514. The summed E-state index contributed by atoms with van der Waals surface area (Å²) in [5.41, 5.74) is -2.19. The highest BCUT2D eigenvalue weighted by molar-refractivity contribution is 5.29. The molecule has 0 aliphatic rings. The van der Waals surface area contributed by atoms with Crippen LogP contribution in [0.25, 0.3) is 0 Å². The van der Waals surface area contributed by atoms with Crippen LogP contribution in [0.2, 0.25) is 0 Å². The molecule has 0 aliphatic carbocycles. The predicted molar refractivity (Wildman–Crippen MR) is 64.0 cm³/mol. The Bertz CT molecular complexity index is 475. The fraction of sp³-hybridized carbons (Fsp3) is 0.700. The molecule has 0 spiro atoms. The van der Waals surface area contributed by atoms with Crippen molar-refractivity contribution in [3.8, 4) is 0 Å². The van der Waals surface area contributed by atoms with Gasteiger partial charge in [-0.1, -0.05) is 13.8 Å². The fourth-order valence-corrected chi connectivity index (χ4v) is 1.69. The number of H-pyrrole nitrogens is 2. The van der Waals surface area contributed by atoms with Crippen LogP contribution in [0.3, 0.4) is 0 Å². The average molecular weight is 242 g/mol. The molecular formula is C10H18N4O3. The van der Waals surface area contributed by atoms with Gasteiger partial charge in [0.1, 0.15) is 0 Å². The Morgan fingerprint density at radius 3 is 2.65 bits per heavy atom. The van der Waals surface area contributed by atoms with Gasteiger partial charge in [-0.25, -0.2) is 9.89 Å². The molecule has 0 aliphatic heterocycles. The number of anilines is 1. The molecule has 0 saturated carbocycles. The standard InChI is InChI=1S/C10H18N4O3/c1-6(2)4-10(3,17)5-11-7-8(15)12-9(16)14-13-7/h6,17H,4-5H2,1-3H3,(H,11,13)(H2,12,14,15,16). The van der Waals surface area contributed by atoms with Crippen molar-refractivity contribution in [3.63, 3.8) is 0 Å². The van der Waals surface area contributed by atoms with Crippen LogP contribution in [0.1, 0.15) is 27.2 Å². The van der Waals surface area contributed by atoms with Gasteiger partial charge in [0, 0.05) is 6.54 Å². The van der Waals surface area contributed by atoms with Crippen molar-refractivity contribution in [3.05, 3.63) is 20.8 Å². The van der Waals surface area contributed by atoms with E-state index in [1.54, 1.807) is 6.92 Å². The van der Waals surface area contributed by atoms with Gasteiger partial charge in [0.05, 0.1) is 5.60 Å². The van der Waals surface area contributed by atoms with E-state index in [0.29, 0.717) is 12.3 Å². The van der Waals surface area contributed by atoms with Crippen LogP contribution in [-0.2, 0) is 0 Å². The quantitative estimate of drug-likeness (QED) is 0.565. The highest BCUT2D eigenvalue weighted by Crippen LogP contribution is 2.15. The molecule has 4 N–H and O–H groups in total. The first kappa shape index (κ1) is 13.4. The summed E-state index contributed by atoms with van der Waals surface area (Å²) < 4.78 is 0. The van der Waals surface area contributed by atoms with Crippen LogP contribution in [0, 0.1) is 5.92 Å². The highest BCUT2D eigenvalue weighted by Gasteiger charge is 2.22. The molecule has 17 heavy (non-hydrogen) atoms. The summed E-state index contributed by atoms with van der Waals surface area (Å²) in [5, 5.41) is 18.4. The van der Waals surface area contributed by atoms with E-state index in [-0.39, 0.29) is 12.4 Å². The molecule has 1 atom stereocenters. The average Bonchev–Trinajstić information content (AvgIpc) is 2.14. The topological polar surface area (TPSA) is 111 Å². The van der Waals surface area contributed by atoms with Gasteiger partial charge in [-0.05, 0) is 19.3 Å². The van der Waals surface area contributed by atoms with Crippen LogP contribution in [0.5, 0.6) is 0 Å². The van der Waals surface area contributed by atoms with Crippen molar-refractivity contribution >= 4 is 5.82 Å². The van der Waals surface area contributed by atoms with E-state index in [4.69, 9.17) is 0 Å². The molecule has 0 radical (unpaired) electrons. The van der Waals surface area contributed by atoms with E-state index in [9.17, 15) is 14.7 Å². The molecule has 1 heterocycles. The first-order valence-corrected chi connectivity index (χ1v) is 5.45. The molecule has 0 bridgehead atoms. The van der Waals surface area contributed by atoms with Crippen LogP contribution in [-0.4, -0.2) is 32.4 Å². The zero-order valence-corrected chi connectivity index (χ0v) is 10.2. The predicted octanol–water partition coefficient (Wildman–Crippen LogP) is -0.333. The molecule has 1 rings (SSSR count). The Morgan fingerprint density at radius 2 is 2.12 bits per heavy atom. The van der Waals surface area contributed by atoms with Gasteiger partial charge >= 0.3 is 5.69 Å². The minimum absolute atomic E-state index is 0.00590. The van der Waals surface area contributed by atoms with Crippen molar-refractivity contribution < 1.29 is 5.11 Å². The van der Waals surface area contributed by atoms with Gasteiger partial charge in [0.25, 0.3) is 5.56 Å². The van der Waals surface area contributed by atoms with Crippen molar-refractivity contribution in [1.29, 1.82) is 0 Å². The molecule has 1 aromatic heterocycles. The largest absolute Gasteiger partial charge is 0.388 e. The Labute approximate surface area is 98.3 Å². The number of hydrogen-bond donors (Lipinski definition) is 4. The monoisotopic (exact) mass is 242 g/mol. The third-order valence-electron chi connectivity index (χ3n) is 2.20. The molecule has 0 aromatic carbocycles. The number of aliphatic hydroxyl groups is 1. The number of aromatic nitrogens is 3. The van der Waals surface area contributed by atoms with Crippen molar-refractivity contribution in [2.75, 3.05) is 11.9 Å². The van der Waals surface area contributed by atoms with Crippen LogP contribution >= 0.6 is 0 Å². The van der Waals surface area contributed by atoms with Crippen molar-refractivity contribution in [1.82, 2.24) is 15.2 Å². The van der Waals surface area contributed by atoms with Crippen LogP contribution < -0.4 is 16.6 Å². The van der Waals surface area contributed by atoms with E-state index in [2.05, 4.69) is 15.5 Å². The van der Waals surface area contributed by atoms with E-state index < -0.39 is 16.9 Å². The third-order valence-corrected chi connectivity index (χ3v) is 2.20. The molecule has 0 fully saturated rings. The lowest BCUT2D eigenvalue weighted by atomic mass is 9.94. The molecule has 1 aromatic rings. The Morgan fingerprint density at radius 1 is 1.47 bits per heavy atom. The zero-order valence-electron chi connectivity index (χ0n) is 10.2. The Kier molecular flexibility index (Phi) is 4.06. The van der Waals surface area contributed by atoms with Gasteiger partial charge in [0.2, 0.25) is 5.82 Å². The molecule has 0 saturated heterocycles. The van der Waals surface area contributed by atoms with Gasteiger partial charge in [-0.2, -0.15) is 0 Å². The molecule has 7 heteroatoms. The second kappa shape index (κ2) is 5.13. The van der Waals surface area contributed by atoms with Crippen LogP contribution in [0.15, 0.2) is 9.59 Å². The number of nitrogens with zero attached hydrogens (tertiary/aromatic N) is 1. The smallest absolute Gasteiger partial charge is 0.342 e. The number of hydrogen-bond acceptors (Lipinski definition) is 5. The van der Waals surface area contributed by atoms with E-state index in [1.165, 1.54) is 0 Å². The minimum Gasteiger partial charge on any atom is -0.388 e. The Hall–Kier alpha value is -1.63. The minimum atomic E-state index is -0.932. The maximum atomic E-state index is 11.3. The van der Waals surface area contributed by atoms with Gasteiger partial charge < -0.3 is 10.4 Å². The SMILES string of the molecule is CC(C)CC(C)(O)CNc1n[nH]c(=O)[nH]c1=O. The summed E-state index contributed by atoms with van der Waals surface area (Å²) in [6.45, 7) is 5.87. The highest BCUT2D eigenvalue weighted by atomic mass is 16.3. The summed E-state index contributed by atoms with van der Waals surface area (Å²) >= 11 is 0. The first-order chi connectivity index (χ1) is 7.80. The summed E-state index contributed by atoms with van der Waals surface area (Å²) in [5.74, 6) is 0.335. The van der Waals surface area contributed by atoms with Crippen molar-refractivity contribution in [2.45, 2.75) is 32.8 Å². The number of nitrogens with one attached hydrogen (secondary N) is 3. The molecular weight excluding hydrogens is 224 g/mol. The first-order valence-electron chi connectivity index (χ1n) is 5.45. The lowest BCUT2D eigenvalue weighted by Gasteiger charge is -2.25. The lowest BCUT2D eigenvalue weighted by Crippen LogP contribution is -2.37. The van der Waals surface area contributed by atoms with E-state index >= 15 is 0 Å². The maximum Gasteiger partial charge on any atom is 0.342 e. The normalized spacial score (nSPS) is 14.6. The summed E-state index contributed by atoms with van der Waals surface area (Å²) in [6, 6.07) is 0. The fourth-order valence-electron chi connectivity index (χ4n) is 1.69. The summed E-state index contributed by atoms with van der Waals surface area (Å²) in [4.78, 5) is 24.1. The van der Waals surface area contributed by atoms with Gasteiger partial charge in [-0.15, -0.1) is 5.10 Å². The van der Waals surface area contributed by atoms with Gasteiger partial charge in [0.15, 0.2) is 0 Å².